The van der Waals surface area contributed by atoms with Crippen molar-refractivity contribution in [3.8, 4) is 0 Å². The summed E-state index contributed by atoms with van der Waals surface area (Å²) in [6.45, 7) is 8.60. The van der Waals surface area contributed by atoms with E-state index >= 15 is 0 Å². The Hall–Kier alpha value is -1.45. The van der Waals surface area contributed by atoms with Crippen molar-refractivity contribution in [2.75, 3.05) is 26.2 Å². The summed E-state index contributed by atoms with van der Waals surface area (Å²) in [5, 5.41) is 3.52. The number of furan rings is 1. The third-order valence-electron chi connectivity index (χ3n) is 4.09. The van der Waals surface area contributed by atoms with Crippen LogP contribution in [0, 0.1) is 5.92 Å². The molecule has 0 unspecified atom stereocenters. The summed E-state index contributed by atoms with van der Waals surface area (Å²) in [5.41, 5.74) is 0. The van der Waals surface area contributed by atoms with Crippen molar-refractivity contribution in [2.45, 2.75) is 46.0 Å². The molecule has 0 bridgehead atoms. The van der Waals surface area contributed by atoms with Crippen LogP contribution in [0.15, 0.2) is 27.8 Å². The van der Waals surface area contributed by atoms with Crippen molar-refractivity contribution in [3.05, 3.63) is 24.2 Å². The first kappa shape index (κ1) is 15.9. The third kappa shape index (κ3) is 5.44. The van der Waals surface area contributed by atoms with Crippen molar-refractivity contribution in [1.29, 1.82) is 0 Å². The Balaban J connectivity index is 1.84. The Morgan fingerprint density at radius 3 is 2.90 bits per heavy atom. The van der Waals surface area contributed by atoms with E-state index in [2.05, 4.69) is 24.1 Å². The lowest BCUT2D eigenvalue weighted by Gasteiger charge is -2.33. The lowest BCUT2D eigenvalue weighted by molar-refractivity contribution is 0.273. The highest BCUT2D eigenvalue weighted by molar-refractivity contribution is 5.80. The van der Waals surface area contributed by atoms with Crippen LogP contribution in [0.25, 0.3) is 0 Å². The van der Waals surface area contributed by atoms with Gasteiger partial charge in [-0.25, -0.2) is 0 Å². The second-order valence-corrected chi connectivity index (χ2v) is 5.98. The third-order valence-corrected chi connectivity index (χ3v) is 4.09. The van der Waals surface area contributed by atoms with E-state index in [9.17, 15) is 0 Å². The molecule has 1 aromatic heterocycles. The zero-order valence-electron chi connectivity index (χ0n) is 13.5. The van der Waals surface area contributed by atoms with Crippen LogP contribution in [-0.4, -0.2) is 37.0 Å². The minimum Gasteiger partial charge on any atom is -0.469 e. The van der Waals surface area contributed by atoms with Crippen LogP contribution >= 0.6 is 0 Å². The quantitative estimate of drug-likeness (QED) is 0.497. The molecule has 1 aliphatic rings. The Morgan fingerprint density at radius 1 is 1.43 bits per heavy atom. The molecule has 1 aromatic rings. The predicted molar refractivity (Wildman–Crippen MR) is 87.6 cm³/mol. The highest BCUT2D eigenvalue weighted by Gasteiger charge is 2.18. The molecular weight excluding hydrogens is 262 g/mol. The molecule has 1 N–H and O–H groups in total. The second kappa shape index (κ2) is 8.75. The minimum atomic E-state index is 0.848. The molecule has 0 amide bonds. The maximum Gasteiger partial charge on any atom is 0.193 e. The van der Waals surface area contributed by atoms with Gasteiger partial charge >= 0.3 is 0 Å². The van der Waals surface area contributed by atoms with Gasteiger partial charge in [-0.1, -0.05) is 20.3 Å². The first-order chi connectivity index (χ1) is 10.3. The number of piperidine rings is 1. The smallest absolute Gasteiger partial charge is 0.193 e. The first-order valence-electron chi connectivity index (χ1n) is 8.35. The molecule has 2 heterocycles. The van der Waals surface area contributed by atoms with E-state index in [1.54, 1.807) is 6.26 Å². The van der Waals surface area contributed by atoms with E-state index in [1.165, 1.54) is 19.3 Å². The molecule has 1 saturated heterocycles. The summed E-state index contributed by atoms with van der Waals surface area (Å²) in [6.07, 6.45) is 7.54. The van der Waals surface area contributed by atoms with Crippen LogP contribution in [0.4, 0.5) is 0 Å². The lowest BCUT2D eigenvalue weighted by atomic mass is 9.99. The van der Waals surface area contributed by atoms with E-state index in [4.69, 9.17) is 9.41 Å². The van der Waals surface area contributed by atoms with E-state index in [1.807, 2.05) is 12.1 Å². The number of hydrogen-bond donors (Lipinski definition) is 1. The zero-order chi connectivity index (χ0) is 14.9. The van der Waals surface area contributed by atoms with Crippen LogP contribution in [0.5, 0.6) is 0 Å². The SMILES string of the molecule is CCCCN=C(NCCc1ccco1)N1CCC(C)CC1. The molecule has 0 spiro atoms. The number of guanidine groups is 1. The Kier molecular flexibility index (Phi) is 6.64. The normalized spacial score (nSPS) is 17.2. The van der Waals surface area contributed by atoms with Crippen molar-refractivity contribution in [2.24, 2.45) is 10.9 Å². The van der Waals surface area contributed by atoms with Gasteiger partial charge in [0.2, 0.25) is 0 Å². The number of rotatable bonds is 6. The van der Waals surface area contributed by atoms with Gasteiger partial charge in [-0.2, -0.15) is 0 Å². The van der Waals surface area contributed by atoms with E-state index in [0.29, 0.717) is 0 Å². The predicted octanol–water partition coefficient (Wildman–Crippen LogP) is 3.30. The fourth-order valence-electron chi connectivity index (χ4n) is 2.58. The average Bonchev–Trinajstić information content (AvgIpc) is 3.00. The molecule has 118 valence electrons. The van der Waals surface area contributed by atoms with Crippen LogP contribution in [0.2, 0.25) is 0 Å². The number of nitrogens with one attached hydrogen (secondary N) is 1. The highest BCUT2D eigenvalue weighted by Crippen LogP contribution is 2.16. The zero-order valence-corrected chi connectivity index (χ0v) is 13.5. The summed E-state index contributed by atoms with van der Waals surface area (Å²) in [4.78, 5) is 7.20. The molecule has 0 radical (unpaired) electrons. The molecule has 1 aliphatic heterocycles. The molecular formula is C17H29N3O. The molecule has 21 heavy (non-hydrogen) atoms. The number of likely N-dealkylation sites (tertiary alicyclic amines) is 1. The molecule has 4 nitrogen and oxygen atoms in total. The van der Waals surface area contributed by atoms with Gasteiger partial charge in [0, 0.05) is 32.6 Å². The minimum absolute atomic E-state index is 0.848. The molecule has 0 aliphatic carbocycles. The van der Waals surface area contributed by atoms with E-state index in [0.717, 1.165) is 56.7 Å². The van der Waals surface area contributed by atoms with Gasteiger partial charge in [-0.05, 0) is 37.3 Å². The second-order valence-electron chi connectivity index (χ2n) is 5.98. The number of aliphatic imine (C=N–C) groups is 1. The summed E-state index contributed by atoms with van der Waals surface area (Å²) in [6, 6.07) is 3.97. The fourth-order valence-corrected chi connectivity index (χ4v) is 2.58. The molecule has 0 aromatic carbocycles. The monoisotopic (exact) mass is 291 g/mol. The van der Waals surface area contributed by atoms with E-state index < -0.39 is 0 Å². The number of unbranched alkanes of at least 4 members (excludes halogenated alkanes) is 1. The Labute approximate surface area is 128 Å². The van der Waals surface area contributed by atoms with Gasteiger partial charge in [-0.3, -0.25) is 4.99 Å². The standard InChI is InChI=1S/C17H29N3O/c1-3-4-10-18-17(20-12-8-15(2)9-13-20)19-11-7-16-6-5-14-21-16/h5-6,14-15H,3-4,7-13H2,1-2H3,(H,18,19). The lowest BCUT2D eigenvalue weighted by Crippen LogP contribution is -2.46. The highest BCUT2D eigenvalue weighted by atomic mass is 16.3. The van der Waals surface area contributed by atoms with Crippen molar-refractivity contribution >= 4 is 5.96 Å². The van der Waals surface area contributed by atoms with Crippen LogP contribution < -0.4 is 5.32 Å². The van der Waals surface area contributed by atoms with Gasteiger partial charge in [0.05, 0.1) is 6.26 Å². The summed E-state index contributed by atoms with van der Waals surface area (Å²) in [5.74, 6) is 2.96. The fraction of sp³-hybridized carbons (Fsp3) is 0.706. The summed E-state index contributed by atoms with van der Waals surface area (Å²) in [7, 11) is 0. The van der Waals surface area contributed by atoms with Crippen LogP contribution in [-0.2, 0) is 6.42 Å². The molecule has 0 atom stereocenters. The molecule has 2 rings (SSSR count). The van der Waals surface area contributed by atoms with Crippen molar-refractivity contribution in [3.63, 3.8) is 0 Å². The van der Waals surface area contributed by atoms with Crippen LogP contribution in [0.3, 0.4) is 0 Å². The molecule has 4 heteroatoms. The topological polar surface area (TPSA) is 40.8 Å². The molecule has 0 saturated carbocycles. The summed E-state index contributed by atoms with van der Waals surface area (Å²) >= 11 is 0. The number of hydrogen-bond acceptors (Lipinski definition) is 2. The van der Waals surface area contributed by atoms with E-state index in [-0.39, 0.29) is 0 Å². The van der Waals surface area contributed by atoms with Gasteiger partial charge in [0.1, 0.15) is 5.76 Å². The van der Waals surface area contributed by atoms with Gasteiger partial charge < -0.3 is 14.6 Å². The molecule has 1 fully saturated rings. The summed E-state index contributed by atoms with van der Waals surface area (Å²) < 4.78 is 5.38. The van der Waals surface area contributed by atoms with Gasteiger partial charge in [0.25, 0.3) is 0 Å². The van der Waals surface area contributed by atoms with Gasteiger partial charge in [-0.15, -0.1) is 0 Å². The Bertz CT molecular complexity index is 406. The van der Waals surface area contributed by atoms with Crippen molar-refractivity contribution in [1.82, 2.24) is 10.2 Å². The largest absolute Gasteiger partial charge is 0.469 e. The Morgan fingerprint density at radius 2 is 2.24 bits per heavy atom. The maximum atomic E-state index is 5.38. The number of nitrogens with zero attached hydrogens (tertiary/aromatic N) is 2. The first-order valence-corrected chi connectivity index (χ1v) is 8.35. The van der Waals surface area contributed by atoms with Gasteiger partial charge in [0.15, 0.2) is 5.96 Å². The maximum absolute atomic E-state index is 5.38. The van der Waals surface area contributed by atoms with Crippen molar-refractivity contribution < 1.29 is 4.42 Å². The van der Waals surface area contributed by atoms with Crippen LogP contribution in [0.1, 0.15) is 45.3 Å². The average molecular weight is 291 g/mol.